The van der Waals surface area contributed by atoms with Gasteiger partial charge in [-0.05, 0) is 60.8 Å². The lowest BCUT2D eigenvalue weighted by Gasteiger charge is -2.15. The van der Waals surface area contributed by atoms with Crippen molar-refractivity contribution in [3.63, 3.8) is 0 Å². The highest BCUT2D eigenvalue weighted by Crippen LogP contribution is 2.33. The number of thioether (sulfide) groups is 1. The Hall–Kier alpha value is -1.87. The third-order valence-corrected chi connectivity index (χ3v) is 5.78. The second-order valence-electron chi connectivity index (χ2n) is 6.65. The Bertz CT molecular complexity index is 776. The van der Waals surface area contributed by atoms with Crippen molar-refractivity contribution in [1.82, 2.24) is 0 Å². The van der Waals surface area contributed by atoms with Gasteiger partial charge in [0.15, 0.2) is 5.78 Å². The fourth-order valence-corrected chi connectivity index (χ4v) is 3.95. The van der Waals surface area contributed by atoms with Gasteiger partial charge in [-0.25, -0.2) is 0 Å². The number of rotatable bonds is 8. The van der Waals surface area contributed by atoms with Crippen LogP contribution in [0.25, 0.3) is 0 Å². The van der Waals surface area contributed by atoms with Crippen LogP contribution in [0.3, 0.4) is 0 Å². The molecule has 1 saturated carbocycles. The number of benzene rings is 2. The van der Waals surface area contributed by atoms with Gasteiger partial charge in [0.2, 0.25) is 0 Å². The zero-order valence-electron chi connectivity index (χ0n) is 14.9. The Balaban J connectivity index is 1.93. The molecule has 3 heteroatoms. The summed E-state index contributed by atoms with van der Waals surface area (Å²) in [6, 6.07) is 14.2. The highest BCUT2D eigenvalue weighted by atomic mass is 32.2. The Morgan fingerprint density at radius 2 is 1.80 bits per heavy atom. The Kier molecular flexibility index (Phi) is 5.74. The fraction of sp³-hybridized carbons (Fsp3) is 0.364. The molecule has 0 radical (unpaired) electrons. The molecule has 25 heavy (non-hydrogen) atoms. The van der Waals surface area contributed by atoms with Crippen LogP contribution in [0.4, 0.5) is 0 Å². The second-order valence-corrected chi connectivity index (χ2v) is 7.96. The van der Waals surface area contributed by atoms with Crippen LogP contribution in [0.15, 0.2) is 47.4 Å². The molecular formula is C22H24O2S. The molecule has 0 aliphatic heterocycles. The van der Waals surface area contributed by atoms with Crippen molar-refractivity contribution in [2.45, 2.75) is 44.4 Å². The second kappa shape index (κ2) is 8.01. The van der Waals surface area contributed by atoms with E-state index in [0.29, 0.717) is 0 Å². The van der Waals surface area contributed by atoms with E-state index in [-0.39, 0.29) is 23.9 Å². The monoisotopic (exact) mass is 352 g/mol. The standard InChI is InChI=1S/C22H24O2S/c1-3-25-22-12-11-18(21(24)14-20(23)17-9-10-17)19(15(22)2)13-16-7-5-4-6-8-16/h4-8,11-12,17H,3,9-10,13-14H2,1-2H3. The highest BCUT2D eigenvalue weighted by molar-refractivity contribution is 7.99. The van der Waals surface area contributed by atoms with Crippen molar-refractivity contribution >= 4 is 23.3 Å². The van der Waals surface area contributed by atoms with E-state index in [1.54, 1.807) is 11.8 Å². The van der Waals surface area contributed by atoms with Crippen molar-refractivity contribution in [2.24, 2.45) is 5.92 Å². The van der Waals surface area contributed by atoms with Crippen LogP contribution in [0.2, 0.25) is 0 Å². The molecule has 0 aromatic heterocycles. The van der Waals surface area contributed by atoms with E-state index in [1.165, 1.54) is 16.0 Å². The summed E-state index contributed by atoms with van der Waals surface area (Å²) in [6.45, 7) is 4.23. The van der Waals surface area contributed by atoms with E-state index in [0.717, 1.165) is 36.1 Å². The van der Waals surface area contributed by atoms with E-state index >= 15 is 0 Å². The summed E-state index contributed by atoms with van der Waals surface area (Å²) in [5, 5.41) is 0. The third kappa shape index (κ3) is 4.40. The SMILES string of the molecule is CCSc1ccc(C(=O)CC(=O)C2CC2)c(Cc2ccccc2)c1C. The van der Waals surface area contributed by atoms with Crippen LogP contribution in [-0.4, -0.2) is 17.3 Å². The molecule has 3 rings (SSSR count). The van der Waals surface area contributed by atoms with E-state index < -0.39 is 0 Å². The van der Waals surface area contributed by atoms with Crippen molar-refractivity contribution in [2.75, 3.05) is 5.75 Å². The summed E-state index contributed by atoms with van der Waals surface area (Å²) in [5.41, 5.74) is 4.14. The van der Waals surface area contributed by atoms with Gasteiger partial charge in [0, 0.05) is 16.4 Å². The predicted molar refractivity (Wildman–Crippen MR) is 104 cm³/mol. The summed E-state index contributed by atoms with van der Waals surface area (Å²) in [5.74, 6) is 1.22. The fourth-order valence-electron chi connectivity index (χ4n) is 3.14. The van der Waals surface area contributed by atoms with Crippen LogP contribution in [-0.2, 0) is 11.2 Å². The summed E-state index contributed by atoms with van der Waals surface area (Å²) in [6.07, 6.45) is 2.68. The highest BCUT2D eigenvalue weighted by Gasteiger charge is 2.31. The lowest BCUT2D eigenvalue weighted by molar-refractivity contribution is -0.119. The molecule has 0 spiro atoms. The number of hydrogen-bond acceptors (Lipinski definition) is 3. The smallest absolute Gasteiger partial charge is 0.170 e. The van der Waals surface area contributed by atoms with Gasteiger partial charge in [0.05, 0.1) is 6.42 Å². The number of Topliss-reactive ketones (excluding diaryl/α,β-unsaturated/α-hetero) is 2. The third-order valence-electron chi connectivity index (χ3n) is 4.74. The molecule has 1 fully saturated rings. The van der Waals surface area contributed by atoms with Gasteiger partial charge < -0.3 is 0 Å². The van der Waals surface area contributed by atoms with Gasteiger partial charge in [-0.15, -0.1) is 11.8 Å². The quantitative estimate of drug-likeness (QED) is 0.370. The number of hydrogen-bond donors (Lipinski definition) is 0. The first-order valence-electron chi connectivity index (χ1n) is 8.95. The number of carbonyl (C=O) groups is 2. The molecule has 0 heterocycles. The van der Waals surface area contributed by atoms with Crippen molar-refractivity contribution in [1.29, 1.82) is 0 Å². The molecule has 0 amide bonds. The maximum absolute atomic E-state index is 12.8. The lowest BCUT2D eigenvalue weighted by Crippen LogP contribution is -2.13. The van der Waals surface area contributed by atoms with Gasteiger partial charge in [0.1, 0.15) is 5.78 Å². The van der Waals surface area contributed by atoms with E-state index in [4.69, 9.17) is 0 Å². The summed E-state index contributed by atoms with van der Waals surface area (Å²) in [7, 11) is 0. The van der Waals surface area contributed by atoms with Gasteiger partial charge in [-0.2, -0.15) is 0 Å². The van der Waals surface area contributed by atoms with Gasteiger partial charge >= 0.3 is 0 Å². The molecule has 1 aliphatic carbocycles. The molecule has 0 bridgehead atoms. The van der Waals surface area contributed by atoms with E-state index in [2.05, 4.69) is 26.0 Å². The molecule has 0 unspecified atom stereocenters. The Labute approximate surface area is 154 Å². The summed E-state index contributed by atoms with van der Waals surface area (Å²) < 4.78 is 0. The Morgan fingerprint density at radius 1 is 1.08 bits per heavy atom. The minimum atomic E-state index is -0.0287. The minimum Gasteiger partial charge on any atom is -0.299 e. The van der Waals surface area contributed by atoms with E-state index in [9.17, 15) is 9.59 Å². The van der Waals surface area contributed by atoms with Gasteiger partial charge in [-0.3, -0.25) is 9.59 Å². The van der Waals surface area contributed by atoms with E-state index in [1.807, 2.05) is 30.3 Å². The molecule has 0 N–H and O–H groups in total. The first kappa shape index (κ1) is 17.9. The Morgan fingerprint density at radius 3 is 2.44 bits per heavy atom. The molecule has 2 aromatic rings. The molecule has 0 saturated heterocycles. The average Bonchev–Trinajstić information content (AvgIpc) is 3.44. The van der Waals surface area contributed by atoms with Crippen LogP contribution in [0.1, 0.15) is 53.2 Å². The van der Waals surface area contributed by atoms with Crippen LogP contribution in [0.5, 0.6) is 0 Å². The normalized spacial score (nSPS) is 13.7. The van der Waals surface area contributed by atoms with Gasteiger partial charge in [-0.1, -0.05) is 37.3 Å². The number of ketones is 2. The first-order valence-corrected chi connectivity index (χ1v) is 9.93. The first-order chi connectivity index (χ1) is 12.1. The van der Waals surface area contributed by atoms with Crippen LogP contribution < -0.4 is 0 Å². The zero-order valence-corrected chi connectivity index (χ0v) is 15.7. The van der Waals surface area contributed by atoms with Crippen molar-refractivity contribution < 1.29 is 9.59 Å². The molecular weight excluding hydrogens is 328 g/mol. The van der Waals surface area contributed by atoms with Crippen LogP contribution in [0, 0.1) is 12.8 Å². The number of carbonyl (C=O) groups excluding carboxylic acids is 2. The lowest BCUT2D eigenvalue weighted by atomic mass is 9.91. The topological polar surface area (TPSA) is 34.1 Å². The maximum Gasteiger partial charge on any atom is 0.170 e. The largest absolute Gasteiger partial charge is 0.299 e. The van der Waals surface area contributed by atoms with Gasteiger partial charge in [0.25, 0.3) is 0 Å². The van der Waals surface area contributed by atoms with Crippen LogP contribution >= 0.6 is 11.8 Å². The predicted octanol–water partition coefficient (Wildman–Crippen LogP) is 5.25. The average molecular weight is 352 g/mol. The molecule has 2 aromatic carbocycles. The van der Waals surface area contributed by atoms with Crippen molar-refractivity contribution in [3.05, 3.63) is 64.7 Å². The summed E-state index contributed by atoms with van der Waals surface area (Å²) >= 11 is 1.80. The summed E-state index contributed by atoms with van der Waals surface area (Å²) in [4.78, 5) is 26.1. The molecule has 2 nitrogen and oxygen atoms in total. The maximum atomic E-state index is 12.8. The molecule has 1 aliphatic rings. The minimum absolute atomic E-state index is 0.0287. The molecule has 0 atom stereocenters. The molecule has 130 valence electrons. The van der Waals surface area contributed by atoms with Crippen molar-refractivity contribution in [3.8, 4) is 0 Å². The zero-order chi connectivity index (χ0) is 17.8.